The zero-order chi connectivity index (χ0) is 10.3. The normalized spacial score (nSPS) is 10.2. The second kappa shape index (κ2) is 5.58. The first-order valence-corrected chi connectivity index (χ1v) is 3.65. The lowest BCUT2D eigenvalue weighted by Crippen LogP contribution is -2.72. The van der Waals surface area contributed by atoms with Crippen LogP contribution in [-0.2, 0) is 0 Å². The Morgan fingerprint density at radius 2 is 1.38 bits per heavy atom. The monoisotopic (exact) mass is 195 g/mol. The molecule has 13 heavy (non-hydrogen) atoms. The van der Waals surface area contributed by atoms with Crippen LogP contribution in [0.4, 0.5) is 23.0 Å². The van der Waals surface area contributed by atoms with Crippen molar-refractivity contribution >= 4 is 12.9 Å². The number of halogens is 4. The summed E-state index contributed by atoms with van der Waals surface area (Å²) in [6.45, 7) is 0. The van der Waals surface area contributed by atoms with Gasteiger partial charge in [-0.05, 0) is 12.1 Å². The first-order chi connectivity index (χ1) is 5.93. The molecule has 74 valence electrons. The third kappa shape index (κ3) is 11.0. The minimum absolute atomic E-state index is 1.28. The van der Waals surface area contributed by atoms with Gasteiger partial charge in [-0.3, -0.25) is 0 Å². The summed E-state index contributed by atoms with van der Waals surface area (Å²) in [7, 11) is -3.96. The van der Waals surface area contributed by atoms with E-state index >= 15 is 0 Å². The third-order valence-corrected chi connectivity index (χ3v) is 1.13. The zero-order valence-corrected chi connectivity index (χ0v) is 7.05. The zero-order valence-electron chi connectivity index (χ0n) is 7.05. The van der Waals surface area contributed by atoms with E-state index in [1.165, 1.54) is 5.69 Å². The lowest BCUT2D eigenvalue weighted by atomic mass is 10.3. The molecule has 0 atom stereocenters. The molecule has 0 aliphatic carbocycles. The maximum Gasteiger partial charge on any atom is 0.673 e. The van der Waals surface area contributed by atoms with Gasteiger partial charge >= 0.3 is 7.25 Å². The molecule has 1 aromatic rings. The van der Waals surface area contributed by atoms with Gasteiger partial charge in [0.15, 0.2) is 0 Å². The van der Waals surface area contributed by atoms with E-state index in [1.807, 2.05) is 25.2 Å². The summed E-state index contributed by atoms with van der Waals surface area (Å²) in [5, 5.41) is 2.08. The van der Waals surface area contributed by atoms with E-state index in [0.29, 0.717) is 0 Å². The molecule has 0 fully saturated rings. The number of hydrogen-bond donors (Lipinski definition) is 1. The van der Waals surface area contributed by atoms with Crippen LogP contribution in [0.2, 0.25) is 0 Å². The second-order valence-electron chi connectivity index (χ2n) is 2.19. The standard InChI is InChI=1S/C7H9N.BF4/c1-8-7-5-3-2-4-6-7;2-1(3,4)5/h2-6,8H,1H3;/q;-1/p+1. The van der Waals surface area contributed by atoms with Gasteiger partial charge in [0.1, 0.15) is 5.69 Å². The van der Waals surface area contributed by atoms with Crippen LogP contribution in [0.15, 0.2) is 30.3 Å². The number of benzene rings is 1. The molecule has 0 spiro atoms. The highest BCUT2D eigenvalue weighted by Crippen LogP contribution is 2.06. The quantitative estimate of drug-likeness (QED) is 0.399. The summed E-state index contributed by atoms with van der Waals surface area (Å²) < 4.78 is 39.0. The smallest absolute Gasteiger partial charge is 0.418 e. The Morgan fingerprint density at radius 3 is 1.62 bits per heavy atom. The minimum Gasteiger partial charge on any atom is -0.418 e. The first-order valence-electron chi connectivity index (χ1n) is 3.65. The fourth-order valence-corrected chi connectivity index (χ4v) is 0.645. The van der Waals surface area contributed by atoms with Crippen LogP contribution in [0.3, 0.4) is 0 Å². The van der Waals surface area contributed by atoms with E-state index in [-0.39, 0.29) is 0 Å². The van der Waals surface area contributed by atoms with Gasteiger partial charge in [0.05, 0.1) is 7.05 Å². The van der Waals surface area contributed by atoms with E-state index in [1.54, 1.807) is 0 Å². The van der Waals surface area contributed by atoms with Crippen molar-refractivity contribution in [2.45, 2.75) is 0 Å². The summed E-state index contributed by atoms with van der Waals surface area (Å²) in [6.07, 6.45) is 0. The molecular weight excluding hydrogens is 185 g/mol. The van der Waals surface area contributed by atoms with Gasteiger partial charge in [-0.25, -0.2) is 0 Å². The van der Waals surface area contributed by atoms with Crippen LogP contribution in [0.25, 0.3) is 0 Å². The Kier molecular flexibility index (Phi) is 5.14. The molecule has 0 aliphatic heterocycles. The molecule has 0 unspecified atom stereocenters. The number of nitrogens with two attached hydrogens (primary N) is 1. The summed E-state index contributed by atoms with van der Waals surface area (Å²) >= 11 is 0. The van der Waals surface area contributed by atoms with Gasteiger partial charge < -0.3 is 22.6 Å². The number of hydrogen-bond acceptors (Lipinski definition) is 0. The van der Waals surface area contributed by atoms with Gasteiger partial charge in [-0.1, -0.05) is 18.2 Å². The van der Waals surface area contributed by atoms with Crippen LogP contribution < -0.4 is 5.32 Å². The SMILES string of the molecule is C[NH2+]c1ccccc1.F[B-](F)(F)F. The molecule has 6 heteroatoms. The average Bonchev–Trinajstić information content (AvgIpc) is 2.03. The topological polar surface area (TPSA) is 16.6 Å². The molecule has 0 aromatic heterocycles. The Morgan fingerprint density at radius 1 is 1.00 bits per heavy atom. The molecule has 0 saturated carbocycles. The van der Waals surface area contributed by atoms with Crippen molar-refractivity contribution < 1.29 is 22.6 Å². The highest BCUT2D eigenvalue weighted by Gasteiger charge is 2.20. The van der Waals surface area contributed by atoms with Crippen LogP contribution in [0.1, 0.15) is 0 Å². The highest BCUT2D eigenvalue weighted by atomic mass is 19.5. The van der Waals surface area contributed by atoms with Gasteiger partial charge in [0.25, 0.3) is 0 Å². The Bertz CT molecular complexity index is 218. The van der Waals surface area contributed by atoms with Gasteiger partial charge in [0, 0.05) is 0 Å². The first kappa shape index (κ1) is 12.0. The Balaban J connectivity index is 0.000000252. The maximum absolute atomic E-state index is 9.75. The maximum atomic E-state index is 9.75. The van der Waals surface area contributed by atoms with E-state index < -0.39 is 7.25 Å². The third-order valence-electron chi connectivity index (χ3n) is 1.13. The molecule has 0 aliphatic rings. The molecule has 0 heterocycles. The second-order valence-corrected chi connectivity index (χ2v) is 2.19. The summed E-state index contributed by atoms with van der Waals surface area (Å²) in [6, 6.07) is 10.3. The van der Waals surface area contributed by atoms with E-state index in [9.17, 15) is 17.3 Å². The summed E-state index contributed by atoms with van der Waals surface area (Å²) in [4.78, 5) is 0. The Labute approximate surface area is 73.9 Å². The van der Waals surface area contributed by atoms with E-state index in [2.05, 4.69) is 17.4 Å². The number of rotatable bonds is 1. The van der Waals surface area contributed by atoms with Crippen molar-refractivity contribution in [2.24, 2.45) is 0 Å². The molecule has 0 saturated heterocycles. The predicted molar refractivity (Wildman–Crippen MR) is 44.1 cm³/mol. The van der Waals surface area contributed by atoms with E-state index in [0.717, 1.165) is 0 Å². The number of quaternary nitrogens is 1. The van der Waals surface area contributed by atoms with Crippen LogP contribution >= 0.6 is 0 Å². The van der Waals surface area contributed by atoms with Gasteiger partial charge in [-0.15, -0.1) is 0 Å². The molecule has 2 N–H and O–H groups in total. The van der Waals surface area contributed by atoms with E-state index in [4.69, 9.17) is 0 Å². The van der Waals surface area contributed by atoms with Crippen molar-refractivity contribution in [1.29, 1.82) is 0 Å². The molecule has 0 bridgehead atoms. The molecule has 1 nitrogen and oxygen atoms in total. The molecule has 0 amide bonds. The van der Waals surface area contributed by atoms with Crippen LogP contribution in [0, 0.1) is 0 Å². The van der Waals surface area contributed by atoms with Crippen LogP contribution in [0.5, 0.6) is 0 Å². The lowest BCUT2D eigenvalue weighted by Gasteiger charge is -1.94. The van der Waals surface area contributed by atoms with Crippen molar-refractivity contribution in [3.63, 3.8) is 0 Å². The molecule has 1 rings (SSSR count). The summed E-state index contributed by atoms with van der Waals surface area (Å²) in [5.74, 6) is 0. The summed E-state index contributed by atoms with van der Waals surface area (Å²) in [5.41, 5.74) is 1.28. The van der Waals surface area contributed by atoms with Gasteiger partial charge in [0.2, 0.25) is 0 Å². The minimum atomic E-state index is -6.00. The lowest BCUT2D eigenvalue weighted by molar-refractivity contribution is -0.539. The fraction of sp³-hybridized carbons (Fsp3) is 0.143. The average molecular weight is 195 g/mol. The molecule has 0 radical (unpaired) electrons. The van der Waals surface area contributed by atoms with Crippen LogP contribution in [-0.4, -0.2) is 14.3 Å². The fourth-order valence-electron chi connectivity index (χ4n) is 0.645. The predicted octanol–water partition coefficient (Wildman–Crippen LogP) is 1.81. The molecule has 1 aromatic carbocycles. The highest BCUT2D eigenvalue weighted by molar-refractivity contribution is 6.50. The Hall–Kier alpha value is -1.04. The molecular formula is C7H10BF4N. The van der Waals surface area contributed by atoms with Crippen molar-refractivity contribution in [3.05, 3.63) is 30.3 Å². The number of para-hydroxylation sites is 1. The van der Waals surface area contributed by atoms with Crippen molar-refractivity contribution in [1.82, 2.24) is 0 Å². The van der Waals surface area contributed by atoms with Gasteiger partial charge in [-0.2, -0.15) is 0 Å². The van der Waals surface area contributed by atoms with Crippen molar-refractivity contribution in [2.75, 3.05) is 7.05 Å². The largest absolute Gasteiger partial charge is 0.673 e. The van der Waals surface area contributed by atoms with Crippen molar-refractivity contribution in [3.8, 4) is 0 Å².